The number of nitrogens with zero attached hydrogens (tertiary/aromatic N) is 2. The van der Waals surface area contributed by atoms with Gasteiger partial charge in [0.2, 0.25) is 0 Å². The molecule has 3 aromatic heterocycles. The molecule has 4 heteroatoms. The zero-order valence-corrected chi connectivity index (χ0v) is 33.5. The second-order valence-corrected chi connectivity index (χ2v) is 16.0. The van der Waals surface area contributed by atoms with E-state index >= 15 is 0 Å². The minimum Gasteiger partial charge on any atom is -0.455 e. The van der Waals surface area contributed by atoms with Crippen molar-refractivity contribution in [1.29, 1.82) is 0 Å². The van der Waals surface area contributed by atoms with Crippen LogP contribution >= 0.6 is 0 Å². The molecule has 0 spiro atoms. The van der Waals surface area contributed by atoms with Crippen LogP contribution < -0.4 is 4.90 Å². The molecule has 3 heterocycles. The van der Waals surface area contributed by atoms with Crippen LogP contribution in [0.4, 0.5) is 17.1 Å². The van der Waals surface area contributed by atoms with E-state index < -0.39 is 0 Å². The molecule has 0 saturated carbocycles. The number of hydrogen-bond donors (Lipinski definition) is 0. The van der Waals surface area contributed by atoms with Crippen LogP contribution in [0.15, 0.2) is 227 Å². The number of rotatable bonds is 6. The van der Waals surface area contributed by atoms with E-state index in [0.717, 1.165) is 99.7 Å². The maximum Gasteiger partial charge on any atom is 0.143 e. The monoisotopic (exact) mass is 792 g/mol. The van der Waals surface area contributed by atoms with Gasteiger partial charge in [0.05, 0.1) is 16.7 Å². The molecule has 13 aromatic rings. The highest BCUT2D eigenvalue weighted by Gasteiger charge is 2.22. The largest absolute Gasteiger partial charge is 0.455 e. The first-order valence-corrected chi connectivity index (χ1v) is 21.1. The zero-order chi connectivity index (χ0) is 40.7. The summed E-state index contributed by atoms with van der Waals surface area (Å²) in [5.41, 5.74) is 14.5. The van der Waals surface area contributed by atoms with Gasteiger partial charge in [-0.05, 0) is 83.2 Å². The topological polar surface area (TPSA) is 34.5 Å². The van der Waals surface area contributed by atoms with Crippen LogP contribution in [-0.4, -0.2) is 4.57 Å². The van der Waals surface area contributed by atoms with Crippen molar-refractivity contribution in [3.05, 3.63) is 218 Å². The van der Waals surface area contributed by atoms with Gasteiger partial charge in [0.1, 0.15) is 22.3 Å². The predicted molar refractivity (Wildman–Crippen MR) is 258 cm³/mol. The quantitative estimate of drug-likeness (QED) is 0.168. The van der Waals surface area contributed by atoms with Crippen molar-refractivity contribution < 1.29 is 8.83 Å². The number of para-hydroxylation sites is 5. The smallest absolute Gasteiger partial charge is 0.143 e. The van der Waals surface area contributed by atoms with Crippen molar-refractivity contribution in [1.82, 2.24) is 4.57 Å². The number of furan rings is 2. The van der Waals surface area contributed by atoms with E-state index in [1.165, 1.54) is 21.8 Å². The van der Waals surface area contributed by atoms with Gasteiger partial charge in [-0.1, -0.05) is 152 Å². The molecule has 0 aliphatic carbocycles. The number of anilines is 3. The van der Waals surface area contributed by atoms with Gasteiger partial charge < -0.3 is 18.3 Å². The average Bonchev–Trinajstić information content (AvgIpc) is 4.02. The summed E-state index contributed by atoms with van der Waals surface area (Å²) in [6.45, 7) is 0. The molecular formula is C58H36N2O2. The van der Waals surface area contributed by atoms with E-state index in [4.69, 9.17) is 8.83 Å². The van der Waals surface area contributed by atoms with E-state index in [0.29, 0.717) is 0 Å². The SMILES string of the molecule is c1cc(N(c2ccc(-c3cccc4c3oc3ccccc34)cc2)c2ccccc2-c2cccc3oc4c5ccccc5ccc4c23)cc(-n2c3ccccc3c3ccccc32)c1. The van der Waals surface area contributed by atoms with Gasteiger partial charge in [-0.2, -0.15) is 0 Å². The Morgan fingerprint density at radius 3 is 1.81 bits per heavy atom. The average molecular weight is 793 g/mol. The van der Waals surface area contributed by atoms with Crippen molar-refractivity contribution in [2.45, 2.75) is 0 Å². The van der Waals surface area contributed by atoms with Crippen molar-refractivity contribution in [3.63, 3.8) is 0 Å². The minimum absolute atomic E-state index is 0.868. The Morgan fingerprint density at radius 1 is 0.355 bits per heavy atom. The van der Waals surface area contributed by atoms with Crippen LogP contribution in [0.25, 0.3) is 104 Å². The zero-order valence-electron chi connectivity index (χ0n) is 33.5. The molecule has 0 aliphatic rings. The highest BCUT2D eigenvalue weighted by atomic mass is 16.3. The Bertz CT molecular complexity index is 3830. The van der Waals surface area contributed by atoms with E-state index in [2.05, 4.69) is 216 Å². The maximum absolute atomic E-state index is 6.71. The molecule has 0 N–H and O–H groups in total. The minimum atomic E-state index is 0.868. The Balaban J connectivity index is 1.03. The highest BCUT2D eigenvalue weighted by molar-refractivity contribution is 6.20. The van der Waals surface area contributed by atoms with Crippen LogP contribution in [0.5, 0.6) is 0 Å². The maximum atomic E-state index is 6.71. The molecule has 290 valence electrons. The molecular weight excluding hydrogens is 757 g/mol. The van der Waals surface area contributed by atoms with E-state index in [1.54, 1.807) is 0 Å². The lowest BCUT2D eigenvalue weighted by atomic mass is 9.96. The fourth-order valence-corrected chi connectivity index (χ4v) is 9.84. The van der Waals surface area contributed by atoms with Gasteiger partial charge in [0, 0.05) is 65.9 Å². The fourth-order valence-electron chi connectivity index (χ4n) is 9.84. The predicted octanol–water partition coefficient (Wildman–Crippen LogP) is 16.5. The summed E-state index contributed by atoms with van der Waals surface area (Å²) in [6.07, 6.45) is 0. The van der Waals surface area contributed by atoms with Gasteiger partial charge in [-0.3, -0.25) is 0 Å². The van der Waals surface area contributed by atoms with Crippen LogP contribution in [0.2, 0.25) is 0 Å². The Labute approximate surface area is 356 Å². The van der Waals surface area contributed by atoms with E-state index in [-0.39, 0.29) is 0 Å². The van der Waals surface area contributed by atoms with Crippen LogP contribution in [0.1, 0.15) is 0 Å². The van der Waals surface area contributed by atoms with Crippen molar-refractivity contribution in [3.8, 4) is 27.9 Å². The summed E-state index contributed by atoms with van der Waals surface area (Å²) in [7, 11) is 0. The molecule has 0 aliphatic heterocycles. The second kappa shape index (κ2) is 13.6. The van der Waals surface area contributed by atoms with Crippen LogP contribution in [0, 0.1) is 0 Å². The fraction of sp³-hybridized carbons (Fsp3) is 0. The van der Waals surface area contributed by atoms with Crippen LogP contribution in [-0.2, 0) is 0 Å². The summed E-state index contributed by atoms with van der Waals surface area (Å²) in [6, 6.07) is 78.0. The number of hydrogen-bond acceptors (Lipinski definition) is 3. The number of aromatic nitrogens is 1. The van der Waals surface area contributed by atoms with Crippen molar-refractivity contribution in [2.24, 2.45) is 0 Å². The molecule has 0 fully saturated rings. The van der Waals surface area contributed by atoms with E-state index in [1.807, 2.05) is 12.1 Å². The molecule has 0 amide bonds. The lowest BCUT2D eigenvalue weighted by molar-refractivity contribution is 0.670. The summed E-state index contributed by atoms with van der Waals surface area (Å²) < 4.78 is 15.6. The Morgan fingerprint density at radius 2 is 0.968 bits per heavy atom. The Kier molecular flexibility index (Phi) is 7.57. The third-order valence-electron chi connectivity index (χ3n) is 12.6. The van der Waals surface area contributed by atoms with Gasteiger partial charge in [0.15, 0.2) is 0 Å². The summed E-state index contributed by atoms with van der Waals surface area (Å²) in [4.78, 5) is 2.40. The first-order chi connectivity index (χ1) is 30.8. The molecule has 0 unspecified atom stereocenters. The lowest BCUT2D eigenvalue weighted by Gasteiger charge is -2.29. The highest BCUT2D eigenvalue weighted by Crippen LogP contribution is 2.47. The first-order valence-electron chi connectivity index (χ1n) is 21.1. The molecule has 4 nitrogen and oxygen atoms in total. The van der Waals surface area contributed by atoms with Crippen molar-refractivity contribution in [2.75, 3.05) is 4.90 Å². The normalized spacial score (nSPS) is 11.9. The van der Waals surface area contributed by atoms with Gasteiger partial charge in [-0.25, -0.2) is 0 Å². The van der Waals surface area contributed by atoms with Gasteiger partial charge in [0.25, 0.3) is 0 Å². The van der Waals surface area contributed by atoms with Crippen molar-refractivity contribution >= 4 is 93.5 Å². The van der Waals surface area contributed by atoms with Gasteiger partial charge >= 0.3 is 0 Å². The molecule has 0 radical (unpaired) electrons. The third-order valence-corrected chi connectivity index (χ3v) is 12.6. The molecule has 10 aromatic carbocycles. The second-order valence-electron chi connectivity index (χ2n) is 16.0. The summed E-state index contributed by atoms with van der Waals surface area (Å²) in [5.74, 6) is 0. The van der Waals surface area contributed by atoms with Gasteiger partial charge in [-0.15, -0.1) is 0 Å². The molecule has 0 saturated heterocycles. The molecule has 0 atom stereocenters. The Hall–Kier alpha value is -8.34. The number of benzene rings is 10. The molecule has 13 rings (SSSR count). The summed E-state index contributed by atoms with van der Waals surface area (Å²) >= 11 is 0. The van der Waals surface area contributed by atoms with Crippen LogP contribution in [0.3, 0.4) is 0 Å². The lowest BCUT2D eigenvalue weighted by Crippen LogP contribution is -2.12. The van der Waals surface area contributed by atoms with E-state index in [9.17, 15) is 0 Å². The molecule has 0 bridgehead atoms. The first kappa shape index (κ1) is 34.5. The standard InChI is InChI=1S/C58H36N2O2/c1-2-17-42-37(14-1)32-35-50-56-48(23-13-29-55(56)62-58(42)50)46-20-5-7-25-51(46)59(39-33-30-38(31-34-39)43-22-12-24-49-47-21-6-10-28-54(47)61-57(43)49)40-15-11-16-41(36-40)60-52-26-8-3-18-44(52)45-19-4-9-27-53(45)60/h1-36H. The molecule has 62 heavy (non-hydrogen) atoms. The third kappa shape index (κ3) is 5.20. The summed E-state index contributed by atoms with van der Waals surface area (Å²) in [5, 5.41) is 9.20. The number of fused-ring (bicyclic) bond motifs is 11.